The van der Waals surface area contributed by atoms with Crippen molar-refractivity contribution in [2.45, 2.75) is 130 Å². The Balaban J connectivity index is 1.40. The number of nitrogens with zero attached hydrogens (tertiary/aromatic N) is 3. The van der Waals surface area contributed by atoms with Crippen LogP contribution in [0.2, 0.25) is 0 Å². The van der Waals surface area contributed by atoms with Gasteiger partial charge in [0.25, 0.3) is 0 Å². The summed E-state index contributed by atoms with van der Waals surface area (Å²) < 4.78 is 0. The first-order valence-corrected chi connectivity index (χ1v) is 18.9. The van der Waals surface area contributed by atoms with Gasteiger partial charge in [-0.3, -0.25) is 33.8 Å². The van der Waals surface area contributed by atoms with E-state index in [1.807, 2.05) is 52.0 Å². The maximum absolute atomic E-state index is 14.8. The van der Waals surface area contributed by atoms with Crippen LogP contribution in [-0.4, -0.2) is 61.9 Å². The Morgan fingerprint density at radius 2 is 1.63 bits per heavy atom. The average molecular weight is 699 g/mol. The zero-order chi connectivity index (χ0) is 36.7. The van der Waals surface area contributed by atoms with Crippen molar-refractivity contribution in [2.24, 2.45) is 29.1 Å². The molecule has 2 amide bonds. The molecule has 5 rings (SSSR count). The molecule has 4 atom stereocenters. The largest absolute Gasteiger partial charge is 0.344 e. The molecule has 1 aromatic heterocycles. The van der Waals surface area contributed by atoms with Crippen LogP contribution in [0.3, 0.4) is 0 Å². The third-order valence-electron chi connectivity index (χ3n) is 11.0. The number of aromatic nitrogens is 2. The van der Waals surface area contributed by atoms with E-state index in [1.165, 1.54) is 18.6 Å². The minimum absolute atomic E-state index is 0.0121. The molecule has 0 radical (unpaired) electrons. The Bertz CT molecular complexity index is 1590. The van der Waals surface area contributed by atoms with Gasteiger partial charge >= 0.3 is 0 Å². The van der Waals surface area contributed by atoms with Gasteiger partial charge in [0.2, 0.25) is 17.6 Å². The molecular formula is C41H54N4O6. The first-order chi connectivity index (χ1) is 24.4. The molecule has 10 nitrogen and oxygen atoms in total. The van der Waals surface area contributed by atoms with Crippen LogP contribution >= 0.6 is 0 Å². The summed E-state index contributed by atoms with van der Waals surface area (Å²) in [6.07, 6.45) is 12.4. The topological polar surface area (TPSA) is 143 Å². The molecule has 2 saturated carbocycles. The smallest absolute Gasteiger partial charge is 0.246 e. The number of fused-ring (bicyclic) bond motifs is 1. The first kappa shape index (κ1) is 38.2. The van der Waals surface area contributed by atoms with Gasteiger partial charge < -0.3 is 10.2 Å². The van der Waals surface area contributed by atoms with Crippen molar-refractivity contribution in [3.63, 3.8) is 0 Å². The Morgan fingerprint density at radius 3 is 2.25 bits per heavy atom. The second-order valence-corrected chi connectivity index (χ2v) is 16.1. The summed E-state index contributed by atoms with van der Waals surface area (Å²) in [4.78, 5) is 92.5. The molecule has 2 fully saturated rings. The van der Waals surface area contributed by atoms with Crippen molar-refractivity contribution >= 4 is 34.9 Å². The number of nitrogens with one attached hydrogen (secondary N) is 1. The van der Waals surface area contributed by atoms with Gasteiger partial charge in [-0.15, -0.1) is 0 Å². The van der Waals surface area contributed by atoms with Gasteiger partial charge in [-0.2, -0.15) is 0 Å². The van der Waals surface area contributed by atoms with Crippen molar-refractivity contribution < 1.29 is 28.8 Å². The van der Waals surface area contributed by atoms with E-state index in [-0.39, 0.29) is 73.1 Å². The van der Waals surface area contributed by atoms with Crippen molar-refractivity contribution in [3.8, 4) is 0 Å². The maximum atomic E-state index is 14.8. The van der Waals surface area contributed by atoms with E-state index in [4.69, 9.17) is 0 Å². The van der Waals surface area contributed by atoms with Gasteiger partial charge in [0.05, 0.1) is 12.2 Å². The van der Waals surface area contributed by atoms with Crippen LogP contribution in [0.1, 0.15) is 126 Å². The van der Waals surface area contributed by atoms with Gasteiger partial charge in [0.15, 0.2) is 17.3 Å². The molecule has 1 aromatic carbocycles. The number of carbonyl (C=O) groups is 6. The molecule has 2 heterocycles. The summed E-state index contributed by atoms with van der Waals surface area (Å²) >= 11 is 0. The lowest BCUT2D eigenvalue weighted by Crippen LogP contribution is -2.60. The van der Waals surface area contributed by atoms with Crippen molar-refractivity contribution in [2.75, 3.05) is 0 Å². The van der Waals surface area contributed by atoms with Crippen LogP contribution in [0.25, 0.3) is 0 Å². The highest BCUT2D eigenvalue weighted by atomic mass is 16.2. The van der Waals surface area contributed by atoms with E-state index in [2.05, 4.69) is 15.3 Å². The van der Waals surface area contributed by atoms with Crippen LogP contribution in [0.15, 0.2) is 42.9 Å². The van der Waals surface area contributed by atoms with E-state index in [1.54, 1.807) is 4.90 Å². The summed E-state index contributed by atoms with van der Waals surface area (Å²) in [7, 11) is 0. The predicted molar refractivity (Wildman–Crippen MR) is 192 cm³/mol. The van der Waals surface area contributed by atoms with Crippen LogP contribution < -0.4 is 5.32 Å². The Hall–Kier alpha value is -4.08. The molecule has 10 heteroatoms. The monoisotopic (exact) mass is 698 g/mol. The molecule has 51 heavy (non-hydrogen) atoms. The van der Waals surface area contributed by atoms with E-state index >= 15 is 0 Å². The average Bonchev–Trinajstić information content (AvgIpc) is 3.95. The summed E-state index contributed by atoms with van der Waals surface area (Å²) in [5.74, 6) is -3.23. The van der Waals surface area contributed by atoms with E-state index in [0.29, 0.717) is 12.8 Å². The predicted octanol–water partition coefficient (Wildman–Crippen LogP) is 6.04. The van der Waals surface area contributed by atoms with Crippen molar-refractivity contribution in [1.29, 1.82) is 0 Å². The number of benzene rings is 1. The molecule has 3 aliphatic rings. The fourth-order valence-corrected chi connectivity index (χ4v) is 7.83. The third kappa shape index (κ3) is 9.83. The standard InChI is InChI=1S/C41H54N4O6/c1-5-11-29(37(49)36(48)20-26-16-17-26)22-35(47)33-21-28-14-9-10-15-30(28)25-45(33)40(51)38(41(2,3)4)44-39(50)31(27-12-7-6-8-13-27)23-34(46)32-24-42-18-19-43-32/h9-10,14-15,18-19,24,26-27,29,31,33,38H,5-8,11-13,16-17,20-23,25H2,1-4H3,(H,44,50)/t29-,31+,33+,38-/m1/s1. The van der Waals surface area contributed by atoms with Crippen LogP contribution in [-0.2, 0) is 36.9 Å². The lowest BCUT2D eigenvalue weighted by atomic mass is 9.76. The third-order valence-corrected chi connectivity index (χ3v) is 11.0. The Labute approximate surface area is 302 Å². The fourth-order valence-electron chi connectivity index (χ4n) is 7.83. The molecule has 1 aliphatic heterocycles. The van der Waals surface area contributed by atoms with Gasteiger partial charge in [0, 0.05) is 56.5 Å². The lowest BCUT2D eigenvalue weighted by Gasteiger charge is -2.42. The normalized spacial score (nSPS) is 19.7. The number of hydrogen-bond acceptors (Lipinski definition) is 8. The summed E-state index contributed by atoms with van der Waals surface area (Å²) in [6, 6.07) is 5.86. The molecule has 2 aromatic rings. The molecule has 0 saturated heterocycles. The molecule has 274 valence electrons. The number of hydrogen-bond donors (Lipinski definition) is 1. The van der Waals surface area contributed by atoms with Crippen molar-refractivity contribution in [1.82, 2.24) is 20.2 Å². The lowest BCUT2D eigenvalue weighted by molar-refractivity contribution is -0.148. The van der Waals surface area contributed by atoms with E-state index in [0.717, 1.165) is 56.1 Å². The minimum atomic E-state index is -0.989. The number of Topliss-reactive ketones (excluding diaryl/α,β-unsaturated/α-hetero) is 4. The van der Waals surface area contributed by atoms with Gasteiger partial charge in [-0.25, -0.2) is 4.98 Å². The SMILES string of the molecule is CCC[C@H](CC(=O)[C@@H]1Cc2ccccc2CN1C(=O)[C@@H](NC(=O)[C@@H](CC(=O)c1cnccn1)C1CCCCC1)C(C)(C)C)C(=O)C(=O)CC1CC1. The summed E-state index contributed by atoms with van der Waals surface area (Å²) in [5.41, 5.74) is 1.35. The zero-order valence-electron chi connectivity index (χ0n) is 30.7. The molecule has 2 aliphatic carbocycles. The van der Waals surface area contributed by atoms with E-state index < -0.39 is 40.9 Å². The van der Waals surface area contributed by atoms with Gasteiger partial charge in [-0.1, -0.05) is 77.6 Å². The Kier molecular flexibility index (Phi) is 12.7. The zero-order valence-corrected chi connectivity index (χ0v) is 30.7. The second-order valence-electron chi connectivity index (χ2n) is 16.1. The molecule has 0 unspecified atom stereocenters. The molecule has 1 N–H and O–H groups in total. The second kappa shape index (κ2) is 17.0. The molecule has 0 bridgehead atoms. The summed E-state index contributed by atoms with van der Waals surface area (Å²) in [6.45, 7) is 7.75. The van der Waals surface area contributed by atoms with Gasteiger partial charge in [-0.05, 0) is 60.5 Å². The summed E-state index contributed by atoms with van der Waals surface area (Å²) in [5, 5.41) is 3.08. The van der Waals surface area contributed by atoms with Crippen LogP contribution in [0.4, 0.5) is 0 Å². The van der Waals surface area contributed by atoms with Crippen LogP contribution in [0, 0.1) is 29.1 Å². The maximum Gasteiger partial charge on any atom is 0.246 e. The van der Waals surface area contributed by atoms with E-state index in [9.17, 15) is 28.8 Å². The van der Waals surface area contributed by atoms with Crippen molar-refractivity contribution in [3.05, 3.63) is 59.7 Å². The first-order valence-electron chi connectivity index (χ1n) is 18.9. The minimum Gasteiger partial charge on any atom is -0.344 e. The fraction of sp³-hybridized carbons (Fsp3) is 0.610. The number of ketones is 4. The highest BCUT2D eigenvalue weighted by Gasteiger charge is 2.44. The molecule has 0 spiro atoms. The quantitative estimate of drug-likeness (QED) is 0.165. The van der Waals surface area contributed by atoms with Gasteiger partial charge in [0.1, 0.15) is 11.7 Å². The number of amides is 2. The Morgan fingerprint density at radius 1 is 0.922 bits per heavy atom. The highest BCUT2D eigenvalue weighted by molar-refractivity contribution is 6.38. The molecular weight excluding hydrogens is 644 g/mol. The highest BCUT2D eigenvalue weighted by Crippen LogP contribution is 2.36. The number of carbonyl (C=O) groups excluding carboxylic acids is 6. The number of rotatable bonds is 16. The van der Waals surface area contributed by atoms with Crippen LogP contribution in [0.5, 0.6) is 0 Å².